The van der Waals surface area contributed by atoms with Gasteiger partial charge in [-0.1, -0.05) is 29.8 Å². The quantitative estimate of drug-likeness (QED) is 0.734. The highest BCUT2D eigenvalue weighted by atomic mass is 35.5. The summed E-state index contributed by atoms with van der Waals surface area (Å²) in [4.78, 5) is 11.5. The van der Waals surface area contributed by atoms with Crippen LogP contribution in [0.15, 0.2) is 24.3 Å². The molecule has 0 radical (unpaired) electrons. The number of hydrogen-bond acceptors (Lipinski definition) is 2. The molecule has 4 heteroatoms. The van der Waals surface area contributed by atoms with Gasteiger partial charge in [-0.25, -0.2) is 0 Å². The minimum atomic E-state index is 0.0304. The van der Waals surface area contributed by atoms with Gasteiger partial charge in [0.2, 0.25) is 5.91 Å². The average molecular weight is 256 g/mol. The Bertz CT molecular complexity index is 355. The average Bonchev–Trinajstić information content (AvgIpc) is 2.34. The van der Waals surface area contributed by atoms with Gasteiger partial charge < -0.3 is 10.4 Å². The third kappa shape index (κ3) is 5.71. The van der Waals surface area contributed by atoms with Crippen molar-refractivity contribution in [3.05, 3.63) is 34.9 Å². The molecule has 0 spiro atoms. The summed E-state index contributed by atoms with van der Waals surface area (Å²) in [5.41, 5.74) is 1.000. The maximum absolute atomic E-state index is 11.5. The standard InChI is InChI=1S/C13H18ClNO2/c14-12-6-2-1-5-11(12)7-8-13(17)15-9-3-4-10-16/h1-2,5-6,16H,3-4,7-10H2,(H,15,17). The highest BCUT2D eigenvalue weighted by molar-refractivity contribution is 6.31. The van der Waals surface area contributed by atoms with E-state index >= 15 is 0 Å². The summed E-state index contributed by atoms with van der Waals surface area (Å²) in [6.45, 7) is 0.803. The molecule has 17 heavy (non-hydrogen) atoms. The number of carbonyl (C=O) groups excluding carboxylic acids is 1. The zero-order valence-corrected chi connectivity index (χ0v) is 10.5. The second kappa shape index (κ2) is 8.09. The van der Waals surface area contributed by atoms with Crippen LogP contribution in [0.5, 0.6) is 0 Å². The Kier molecular flexibility index (Phi) is 6.67. The largest absolute Gasteiger partial charge is 0.396 e. The highest BCUT2D eigenvalue weighted by Crippen LogP contribution is 2.16. The van der Waals surface area contributed by atoms with Crippen molar-refractivity contribution in [1.82, 2.24) is 5.32 Å². The van der Waals surface area contributed by atoms with Crippen LogP contribution in [-0.4, -0.2) is 24.2 Å². The fraction of sp³-hybridized carbons (Fsp3) is 0.462. The zero-order chi connectivity index (χ0) is 12.5. The molecule has 0 aliphatic rings. The predicted octanol–water partition coefficient (Wildman–Crippen LogP) is 2.16. The van der Waals surface area contributed by atoms with E-state index < -0.39 is 0 Å². The molecule has 0 aliphatic heterocycles. The second-order valence-electron chi connectivity index (χ2n) is 3.87. The van der Waals surface area contributed by atoms with Crippen LogP contribution in [0.2, 0.25) is 5.02 Å². The molecule has 1 rings (SSSR count). The molecule has 0 saturated heterocycles. The third-order valence-electron chi connectivity index (χ3n) is 2.49. The Morgan fingerprint density at radius 3 is 2.76 bits per heavy atom. The van der Waals surface area contributed by atoms with E-state index in [1.54, 1.807) is 0 Å². The third-order valence-corrected chi connectivity index (χ3v) is 2.86. The van der Waals surface area contributed by atoms with E-state index in [9.17, 15) is 4.79 Å². The molecule has 0 aromatic heterocycles. The van der Waals surface area contributed by atoms with Crippen molar-refractivity contribution in [2.24, 2.45) is 0 Å². The van der Waals surface area contributed by atoms with E-state index in [0.29, 0.717) is 24.4 Å². The van der Waals surface area contributed by atoms with Gasteiger partial charge in [0.05, 0.1) is 0 Å². The molecule has 0 atom stereocenters. The predicted molar refractivity (Wildman–Crippen MR) is 69.1 cm³/mol. The Hall–Kier alpha value is -1.06. The van der Waals surface area contributed by atoms with E-state index in [2.05, 4.69) is 5.32 Å². The van der Waals surface area contributed by atoms with Crippen LogP contribution < -0.4 is 5.32 Å². The van der Waals surface area contributed by atoms with Crippen LogP contribution in [0.1, 0.15) is 24.8 Å². The summed E-state index contributed by atoms with van der Waals surface area (Å²) >= 11 is 5.99. The zero-order valence-electron chi connectivity index (χ0n) is 9.79. The number of rotatable bonds is 7. The van der Waals surface area contributed by atoms with Gasteiger partial charge in [-0.2, -0.15) is 0 Å². The topological polar surface area (TPSA) is 49.3 Å². The molecule has 3 nitrogen and oxygen atoms in total. The molecule has 0 saturated carbocycles. The molecule has 94 valence electrons. The summed E-state index contributed by atoms with van der Waals surface area (Å²) in [6, 6.07) is 7.55. The lowest BCUT2D eigenvalue weighted by Crippen LogP contribution is -2.24. The lowest BCUT2D eigenvalue weighted by Gasteiger charge is -2.05. The minimum Gasteiger partial charge on any atom is -0.396 e. The van der Waals surface area contributed by atoms with Gasteiger partial charge in [0.15, 0.2) is 0 Å². The van der Waals surface area contributed by atoms with Gasteiger partial charge in [0, 0.05) is 24.6 Å². The van der Waals surface area contributed by atoms with E-state index in [0.717, 1.165) is 18.4 Å². The fourth-order valence-electron chi connectivity index (χ4n) is 1.50. The van der Waals surface area contributed by atoms with Gasteiger partial charge in [0.25, 0.3) is 0 Å². The monoisotopic (exact) mass is 255 g/mol. The van der Waals surface area contributed by atoms with Gasteiger partial charge in [0.1, 0.15) is 0 Å². The summed E-state index contributed by atoms with van der Waals surface area (Å²) in [7, 11) is 0. The van der Waals surface area contributed by atoms with Gasteiger partial charge in [-0.05, 0) is 30.9 Å². The molecule has 0 heterocycles. The molecule has 1 aromatic carbocycles. The second-order valence-corrected chi connectivity index (χ2v) is 4.28. The molecule has 0 unspecified atom stereocenters. The van der Waals surface area contributed by atoms with Crippen molar-refractivity contribution >= 4 is 17.5 Å². The van der Waals surface area contributed by atoms with Crippen molar-refractivity contribution in [3.8, 4) is 0 Å². The fourth-order valence-corrected chi connectivity index (χ4v) is 1.73. The number of unbranched alkanes of at least 4 members (excludes halogenated alkanes) is 1. The first kappa shape index (κ1) is 14.0. The summed E-state index contributed by atoms with van der Waals surface area (Å²) in [5, 5.41) is 12.1. The number of aliphatic hydroxyl groups excluding tert-OH is 1. The maximum atomic E-state index is 11.5. The molecular formula is C13H18ClNO2. The van der Waals surface area contributed by atoms with Crippen LogP contribution >= 0.6 is 11.6 Å². The van der Waals surface area contributed by atoms with Crippen molar-refractivity contribution in [2.45, 2.75) is 25.7 Å². The molecule has 0 fully saturated rings. The van der Waals surface area contributed by atoms with E-state index in [1.807, 2.05) is 24.3 Å². The molecule has 2 N–H and O–H groups in total. The molecule has 0 aliphatic carbocycles. The Labute approximate surface area is 107 Å². The Balaban J connectivity index is 2.22. The van der Waals surface area contributed by atoms with Crippen LogP contribution in [0, 0.1) is 0 Å². The van der Waals surface area contributed by atoms with E-state index in [4.69, 9.17) is 16.7 Å². The van der Waals surface area contributed by atoms with Crippen molar-refractivity contribution < 1.29 is 9.90 Å². The Morgan fingerprint density at radius 2 is 2.06 bits per heavy atom. The first-order chi connectivity index (χ1) is 8.24. The number of amides is 1. The van der Waals surface area contributed by atoms with Gasteiger partial charge >= 0.3 is 0 Å². The normalized spacial score (nSPS) is 10.2. The van der Waals surface area contributed by atoms with Crippen molar-refractivity contribution in [2.75, 3.05) is 13.2 Å². The number of benzene rings is 1. The minimum absolute atomic E-state index is 0.0304. The smallest absolute Gasteiger partial charge is 0.220 e. The van der Waals surface area contributed by atoms with Crippen LogP contribution in [-0.2, 0) is 11.2 Å². The van der Waals surface area contributed by atoms with E-state index in [-0.39, 0.29) is 12.5 Å². The first-order valence-electron chi connectivity index (χ1n) is 5.85. The number of aryl methyl sites for hydroxylation is 1. The molecule has 1 aromatic rings. The van der Waals surface area contributed by atoms with E-state index in [1.165, 1.54) is 0 Å². The summed E-state index contributed by atoms with van der Waals surface area (Å²) < 4.78 is 0. The lowest BCUT2D eigenvalue weighted by molar-refractivity contribution is -0.121. The maximum Gasteiger partial charge on any atom is 0.220 e. The summed E-state index contributed by atoms with van der Waals surface area (Å²) in [6.07, 6.45) is 2.65. The van der Waals surface area contributed by atoms with Crippen LogP contribution in [0.25, 0.3) is 0 Å². The SMILES string of the molecule is O=C(CCc1ccccc1Cl)NCCCCO. The molecule has 0 bridgehead atoms. The first-order valence-corrected chi connectivity index (χ1v) is 6.23. The van der Waals surface area contributed by atoms with Gasteiger partial charge in [-0.15, -0.1) is 0 Å². The van der Waals surface area contributed by atoms with Gasteiger partial charge in [-0.3, -0.25) is 4.79 Å². The van der Waals surface area contributed by atoms with Crippen LogP contribution in [0.3, 0.4) is 0 Å². The Morgan fingerprint density at radius 1 is 1.29 bits per heavy atom. The van der Waals surface area contributed by atoms with Crippen LogP contribution in [0.4, 0.5) is 0 Å². The number of nitrogens with one attached hydrogen (secondary N) is 1. The van der Waals surface area contributed by atoms with Crippen molar-refractivity contribution in [1.29, 1.82) is 0 Å². The number of aliphatic hydroxyl groups is 1. The number of halogens is 1. The van der Waals surface area contributed by atoms with Crippen molar-refractivity contribution in [3.63, 3.8) is 0 Å². The lowest BCUT2D eigenvalue weighted by atomic mass is 10.1. The number of hydrogen-bond donors (Lipinski definition) is 2. The number of carbonyl (C=O) groups is 1. The highest BCUT2D eigenvalue weighted by Gasteiger charge is 2.03. The molecular weight excluding hydrogens is 238 g/mol. The summed E-state index contributed by atoms with van der Waals surface area (Å²) in [5.74, 6) is 0.0304. The molecule has 1 amide bonds.